The number of thioether (sulfide) groups is 1. The number of amides is 1. The van der Waals surface area contributed by atoms with Crippen LogP contribution in [0.3, 0.4) is 0 Å². The van der Waals surface area contributed by atoms with Crippen LogP contribution in [0.15, 0.2) is 53.4 Å². The van der Waals surface area contributed by atoms with Crippen LogP contribution in [0.5, 0.6) is 0 Å². The maximum absolute atomic E-state index is 12.6. The van der Waals surface area contributed by atoms with Gasteiger partial charge in [-0.15, -0.1) is 11.8 Å². The molecule has 1 saturated heterocycles. The number of likely N-dealkylation sites (tertiary alicyclic amines) is 1. The molecular formula is C21H23N5O2S. The molecule has 0 bridgehead atoms. The van der Waals surface area contributed by atoms with Gasteiger partial charge < -0.3 is 9.42 Å². The molecule has 3 heterocycles. The monoisotopic (exact) mass is 409 g/mol. The first kappa shape index (κ1) is 19.6. The maximum atomic E-state index is 12.6. The van der Waals surface area contributed by atoms with E-state index in [-0.39, 0.29) is 5.91 Å². The summed E-state index contributed by atoms with van der Waals surface area (Å²) in [5.41, 5.74) is 1.84. The van der Waals surface area contributed by atoms with E-state index in [1.165, 1.54) is 5.56 Å². The van der Waals surface area contributed by atoms with Gasteiger partial charge in [0.05, 0.1) is 11.9 Å². The van der Waals surface area contributed by atoms with E-state index in [2.05, 4.69) is 32.2 Å². The van der Waals surface area contributed by atoms with Crippen molar-refractivity contribution in [2.45, 2.75) is 25.0 Å². The van der Waals surface area contributed by atoms with Crippen molar-refractivity contribution in [2.24, 2.45) is 5.92 Å². The van der Waals surface area contributed by atoms with Crippen LogP contribution in [-0.4, -0.2) is 49.8 Å². The Bertz CT molecular complexity index is 919. The van der Waals surface area contributed by atoms with Crippen LogP contribution in [0.4, 0.5) is 0 Å². The second-order valence-electron chi connectivity index (χ2n) is 7.13. The van der Waals surface area contributed by atoms with Gasteiger partial charge in [0.2, 0.25) is 17.6 Å². The Hall–Kier alpha value is -2.74. The summed E-state index contributed by atoms with van der Waals surface area (Å²) in [4.78, 5) is 27.3. The molecule has 1 aliphatic heterocycles. The summed E-state index contributed by atoms with van der Waals surface area (Å²) in [5.74, 6) is 2.96. The largest absolute Gasteiger partial charge is 0.342 e. The van der Waals surface area contributed by atoms with Crippen molar-refractivity contribution in [3.8, 4) is 11.5 Å². The van der Waals surface area contributed by atoms with Crippen molar-refractivity contribution in [3.63, 3.8) is 0 Å². The lowest BCUT2D eigenvalue weighted by atomic mass is 9.95. The van der Waals surface area contributed by atoms with Crippen LogP contribution in [0.2, 0.25) is 0 Å². The predicted octanol–water partition coefficient (Wildman–Crippen LogP) is 3.24. The van der Waals surface area contributed by atoms with Crippen molar-refractivity contribution >= 4 is 17.7 Å². The third-order valence-corrected chi connectivity index (χ3v) is 5.92. The zero-order valence-corrected chi connectivity index (χ0v) is 16.9. The van der Waals surface area contributed by atoms with Crippen molar-refractivity contribution in [1.29, 1.82) is 0 Å². The number of hydrogen-bond acceptors (Lipinski definition) is 7. The summed E-state index contributed by atoms with van der Waals surface area (Å²) in [6.07, 6.45) is 7.56. The molecule has 1 aliphatic rings. The first-order valence-corrected chi connectivity index (χ1v) is 10.9. The smallest absolute Gasteiger partial charge is 0.232 e. The zero-order chi connectivity index (χ0) is 19.9. The van der Waals surface area contributed by atoms with Crippen LogP contribution in [-0.2, 0) is 17.0 Å². The highest BCUT2D eigenvalue weighted by atomic mass is 32.2. The maximum Gasteiger partial charge on any atom is 0.232 e. The first-order valence-electron chi connectivity index (χ1n) is 9.76. The van der Waals surface area contributed by atoms with Crippen LogP contribution < -0.4 is 0 Å². The van der Waals surface area contributed by atoms with Gasteiger partial charge in [0.15, 0.2) is 0 Å². The summed E-state index contributed by atoms with van der Waals surface area (Å²) in [7, 11) is 0. The van der Waals surface area contributed by atoms with Crippen molar-refractivity contribution in [3.05, 3.63) is 60.4 Å². The fourth-order valence-corrected chi connectivity index (χ4v) is 4.37. The minimum Gasteiger partial charge on any atom is -0.342 e. The highest BCUT2D eigenvalue weighted by Gasteiger charge is 2.25. The lowest BCUT2D eigenvalue weighted by Gasteiger charge is -2.32. The van der Waals surface area contributed by atoms with E-state index in [1.807, 2.05) is 23.1 Å². The number of hydrogen-bond donors (Lipinski definition) is 0. The fourth-order valence-electron chi connectivity index (χ4n) is 3.48. The van der Waals surface area contributed by atoms with Crippen LogP contribution in [0.25, 0.3) is 11.5 Å². The van der Waals surface area contributed by atoms with E-state index in [1.54, 1.807) is 30.4 Å². The average molecular weight is 410 g/mol. The molecule has 0 N–H and O–H groups in total. The van der Waals surface area contributed by atoms with Gasteiger partial charge >= 0.3 is 0 Å². The molecule has 150 valence electrons. The molecule has 0 aliphatic carbocycles. The lowest BCUT2D eigenvalue weighted by molar-refractivity contribution is -0.130. The predicted molar refractivity (Wildman–Crippen MR) is 111 cm³/mol. The van der Waals surface area contributed by atoms with E-state index >= 15 is 0 Å². The molecule has 3 aromatic rings. The van der Waals surface area contributed by atoms with Crippen LogP contribution in [0.1, 0.15) is 24.3 Å². The molecule has 4 rings (SSSR count). The Morgan fingerprint density at radius 1 is 1.24 bits per heavy atom. The fraction of sp³-hybridized carbons (Fsp3) is 0.381. The SMILES string of the molecule is O=C(CSCc1ccccc1)N1CCC[C@H](Cc2nc(-c3cnccn3)no2)C1. The number of nitrogens with zero attached hydrogens (tertiary/aromatic N) is 5. The molecule has 2 aromatic heterocycles. The summed E-state index contributed by atoms with van der Waals surface area (Å²) >= 11 is 1.67. The van der Waals surface area contributed by atoms with Crippen molar-refractivity contribution < 1.29 is 9.32 Å². The second kappa shape index (κ2) is 9.65. The van der Waals surface area contributed by atoms with Gasteiger partial charge in [0.1, 0.15) is 5.69 Å². The summed E-state index contributed by atoms with van der Waals surface area (Å²) in [5, 5.41) is 4.00. The van der Waals surface area contributed by atoms with Gasteiger partial charge in [-0.3, -0.25) is 9.78 Å². The van der Waals surface area contributed by atoms with E-state index in [0.717, 1.165) is 31.7 Å². The van der Waals surface area contributed by atoms with E-state index < -0.39 is 0 Å². The number of carbonyl (C=O) groups excluding carboxylic acids is 1. The minimum atomic E-state index is 0.210. The molecule has 1 fully saturated rings. The Labute approximate surface area is 173 Å². The Morgan fingerprint density at radius 2 is 2.14 bits per heavy atom. The molecule has 0 saturated carbocycles. The molecular weight excluding hydrogens is 386 g/mol. The van der Waals surface area contributed by atoms with Gasteiger partial charge in [0.25, 0.3) is 0 Å². The molecule has 7 nitrogen and oxygen atoms in total. The number of piperidine rings is 1. The van der Waals surface area contributed by atoms with E-state index in [4.69, 9.17) is 4.52 Å². The molecule has 0 radical (unpaired) electrons. The first-order chi connectivity index (χ1) is 14.3. The summed E-state index contributed by atoms with van der Waals surface area (Å²) in [6, 6.07) is 10.2. The van der Waals surface area contributed by atoms with Gasteiger partial charge in [-0.1, -0.05) is 35.5 Å². The summed E-state index contributed by atoms with van der Waals surface area (Å²) < 4.78 is 5.39. The highest BCUT2D eigenvalue weighted by Crippen LogP contribution is 2.22. The quantitative estimate of drug-likeness (QED) is 0.592. The van der Waals surface area contributed by atoms with Gasteiger partial charge in [-0.25, -0.2) is 4.98 Å². The summed E-state index contributed by atoms with van der Waals surface area (Å²) in [6.45, 7) is 1.57. The standard InChI is InChI=1S/C21H23N5O2S/c27-20(15-29-14-16-5-2-1-3-6-16)26-10-4-7-17(13-26)11-19-24-21(25-28-19)18-12-22-8-9-23-18/h1-3,5-6,8-9,12,17H,4,7,10-11,13-15H2/t17-/m1/s1. The number of carbonyl (C=O) groups is 1. The molecule has 29 heavy (non-hydrogen) atoms. The third-order valence-electron chi connectivity index (χ3n) is 4.93. The van der Waals surface area contributed by atoms with E-state index in [9.17, 15) is 4.79 Å². The lowest BCUT2D eigenvalue weighted by Crippen LogP contribution is -2.41. The molecule has 0 spiro atoms. The number of rotatable bonds is 7. The Balaban J connectivity index is 1.27. The molecule has 1 amide bonds. The van der Waals surface area contributed by atoms with Crippen LogP contribution in [0, 0.1) is 5.92 Å². The highest BCUT2D eigenvalue weighted by molar-refractivity contribution is 7.99. The zero-order valence-electron chi connectivity index (χ0n) is 16.1. The van der Waals surface area contributed by atoms with Gasteiger partial charge in [0, 0.05) is 37.7 Å². The Morgan fingerprint density at radius 3 is 2.97 bits per heavy atom. The molecule has 8 heteroatoms. The number of aromatic nitrogens is 4. The second-order valence-corrected chi connectivity index (χ2v) is 8.12. The van der Waals surface area contributed by atoms with Gasteiger partial charge in [-0.2, -0.15) is 4.98 Å². The van der Waals surface area contributed by atoms with Crippen molar-refractivity contribution in [2.75, 3.05) is 18.8 Å². The van der Waals surface area contributed by atoms with Crippen LogP contribution >= 0.6 is 11.8 Å². The topological polar surface area (TPSA) is 85.0 Å². The minimum absolute atomic E-state index is 0.210. The molecule has 0 unspecified atom stereocenters. The molecule has 1 aromatic carbocycles. The van der Waals surface area contributed by atoms with Gasteiger partial charge in [-0.05, 0) is 24.3 Å². The van der Waals surface area contributed by atoms with Crippen molar-refractivity contribution in [1.82, 2.24) is 25.0 Å². The average Bonchev–Trinajstić information content (AvgIpc) is 3.24. The normalized spacial score (nSPS) is 16.7. The third kappa shape index (κ3) is 5.41. The van der Waals surface area contributed by atoms with E-state index in [0.29, 0.717) is 35.5 Å². The Kier molecular flexibility index (Phi) is 6.51. The molecule has 1 atom stereocenters. The number of benzene rings is 1.